The highest BCUT2D eigenvalue weighted by Crippen LogP contribution is 2.12. The van der Waals surface area contributed by atoms with Crippen molar-refractivity contribution in [1.82, 2.24) is 15.5 Å². The minimum Gasteiger partial charge on any atom is -0.481 e. The quantitative estimate of drug-likeness (QED) is 0.202. The first-order valence-electron chi connectivity index (χ1n) is 14.0. The lowest BCUT2D eigenvalue weighted by Gasteiger charge is -2.26. The summed E-state index contributed by atoms with van der Waals surface area (Å²) in [5.74, 6) is -0.965. The summed E-state index contributed by atoms with van der Waals surface area (Å²) in [6, 6.07) is -0.129. The monoisotopic (exact) mass is 543 g/mol. The summed E-state index contributed by atoms with van der Waals surface area (Å²) < 4.78 is 10.6. The lowest BCUT2D eigenvalue weighted by Crippen LogP contribution is -2.40. The second kappa shape index (κ2) is 17.9. The highest BCUT2D eigenvalue weighted by atomic mass is 16.6. The Kier molecular flexibility index (Phi) is 16.7. The van der Waals surface area contributed by atoms with Crippen molar-refractivity contribution in [2.24, 2.45) is 0 Å². The van der Waals surface area contributed by atoms with Crippen molar-refractivity contribution in [2.45, 2.75) is 143 Å². The maximum atomic E-state index is 12.7. The van der Waals surface area contributed by atoms with E-state index < -0.39 is 29.4 Å². The molecule has 38 heavy (non-hydrogen) atoms. The van der Waals surface area contributed by atoms with Gasteiger partial charge in [-0.1, -0.05) is 25.7 Å². The molecule has 3 amide bonds. The number of amides is 3. The molecule has 0 saturated carbocycles. The summed E-state index contributed by atoms with van der Waals surface area (Å²) in [5, 5.41) is 14.5. The number of hydrogen-bond acceptors (Lipinski definition) is 6. The van der Waals surface area contributed by atoms with Crippen molar-refractivity contribution in [3.8, 4) is 0 Å². The molecule has 10 heteroatoms. The number of nitrogens with zero attached hydrogens (tertiary/aromatic N) is 1. The molecule has 2 unspecified atom stereocenters. The maximum absolute atomic E-state index is 12.7. The summed E-state index contributed by atoms with van der Waals surface area (Å²) in [6.45, 7) is 15.8. The van der Waals surface area contributed by atoms with Crippen molar-refractivity contribution >= 4 is 24.1 Å². The van der Waals surface area contributed by atoms with Gasteiger partial charge in [-0.15, -0.1) is 0 Å². The third-order valence-corrected chi connectivity index (χ3v) is 5.56. The first kappa shape index (κ1) is 35.5. The first-order valence-corrected chi connectivity index (χ1v) is 14.0. The second-order valence-corrected chi connectivity index (χ2v) is 12.1. The molecule has 3 N–H and O–H groups in total. The largest absolute Gasteiger partial charge is 0.481 e. The molecule has 0 aromatic carbocycles. The van der Waals surface area contributed by atoms with E-state index in [0.29, 0.717) is 25.9 Å². The van der Waals surface area contributed by atoms with Crippen LogP contribution in [-0.4, -0.2) is 70.4 Å². The third kappa shape index (κ3) is 21.6. The molecule has 10 nitrogen and oxygen atoms in total. The zero-order valence-corrected chi connectivity index (χ0v) is 25.0. The molecule has 0 aliphatic rings. The molecule has 0 aromatic rings. The van der Waals surface area contributed by atoms with Gasteiger partial charge in [-0.05, 0) is 81.1 Å². The Labute approximate surface area is 229 Å². The van der Waals surface area contributed by atoms with Crippen molar-refractivity contribution in [1.29, 1.82) is 0 Å². The Morgan fingerprint density at radius 2 is 1.16 bits per heavy atom. The van der Waals surface area contributed by atoms with Crippen LogP contribution in [0.3, 0.4) is 0 Å². The SMILES string of the molecule is CC(CCCCCCCN(CCC(C)NC(=O)OC(C)(C)C)C(=O)CCCC(=O)O)NC(=O)OC(C)(C)C. The van der Waals surface area contributed by atoms with Gasteiger partial charge >= 0.3 is 18.2 Å². The molecule has 0 fully saturated rings. The van der Waals surface area contributed by atoms with E-state index in [9.17, 15) is 19.2 Å². The molecule has 0 bridgehead atoms. The van der Waals surface area contributed by atoms with E-state index in [1.54, 1.807) is 25.7 Å². The fraction of sp³-hybridized carbons (Fsp3) is 0.857. The van der Waals surface area contributed by atoms with Gasteiger partial charge in [0, 0.05) is 38.0 Å². The number of carboxylic acids is 1. The molecule has 2 atom stereocenters. The van der Waals surface area contributed by atoms with E-state index in [-0.39, 0.29) is 30.8 Å². The van der Waals surface area contributed by atoms with E-state index in [0.717, 1.165) is 38.5 Å². The molecule has 0 aliphatic carbocycles. The van der Waals surface area contributed by atoms with E-state index in [1.165, 1.54) is 0 Å². The number of hydrogen-bond donors (Lipinski definition) is 3. The molecule has 0 rings (SSSR count). The predicted octanol–water partition coefficient (Wildman–Crippen LogP) is 5.63. The van der Waals surface area contributed by atoms with E-state index in [1.807, 2.05) is 34.6 Å². The smallest absolute Gasteiger partial charge is 0.407 e. The van der Waals surface area contributed by atoms with Crippen molar-refractivity contribution in [2.75, 3.05) is 13.1 Å². The van der Waals surface area contributed by atoms with Gasteiger partial charge in [0.25, 0.3) is 0 Å². The van der Waals surface area contributed by atoms with Gasteiger partial charge in [-0.3, -0.25) is 9.59 Å². The van der Waals surface area contributed by atoms with Crippen molar-refractivity contribution in [3.05, 3.63) is 0 Å². The number of unbranched alkanes of at least 4 members (excludes halogenated alkanes) is 4. The van der Waals surface area contributed by atoms with Crippen LogP contribution in [0.25, 0.3) is 0 Å². The van der Waals surface area contributed by atoms with Crippen LogP contribution in [-0.2, 0) is 19.1 Å². The van der Waals surface area contributed by atoms with Gasteiger partial charge < -0.3 is 30.1 Å². The summed E-state index contributed by atoms with van der Waals surface area (Å²) in [7, 11) is 0. The minimum atomic E-state index is -0.907. The molecule has 0 heterocycles. The Balaban J connectivity index is 4.45. The van der Waals surface area contributed by atoms with Gasteiger partial charge in [0.05, 0.1) is 0 Å². The van der Waals surface area contributed by atoms with Crippen LogP contribution in [0, 0.1) is 0 Å². The molecule has 0 saturated heterocycles. The van der Waals surface area contributed by atoms with Gasteiger partial charge in [-0.2, -0.15) is 0 Å². The fourth-order valence-electron chi connectivity index (χ4n) is 3.70. The molecule has 0 spiro atoms. The minimum absolute atomic E-state index is 0.0304. The lowest BCUT2D eigenvalue weighted by atomic mass is 10.1. The Hall–Kier alpha value is -2.52. The van der Waals surface area contributed by atoms with Gasteiger partial charge in [0.15, 0.2) is 0 Å². The molecule has 0 aromatic heterocycles. The number of carbonyl (C=O) groups excluding carboxylic acids is 3. The molecule has 222 valence electrons. The number of aliphatic carboxylic acids is 1. The first-order chi connectivity index (χ1) is 17.5. The standard InChI is InChI=1S/C28H53N3O7/c1-21(29-25(35)37-27(3,4)5)15-12-10-9-11-13-19-31(23(32)16-14-17-24(33)34)20-18-22(2)30-26(36)38-28(6,7)8/h21-22H,9-20H2,1-8H3,(H,29,35)(H,30,36)(H,33,34). The van der Waals surface area contributed by atoms with E-state index >= 15 is 0 Å². The van der Waals surface area contributed by atoms with Crippen molar-refractivity contribution < 1.29 is 33.8 Å². The topological polar surface area (TPSA) is 134 Å². The van der Waals surface area contributed by atoms with E-state index in [2.05, 4.69) is 10.6 Å². The lowest BCUT2D eigenvalue weighted by molar-refractivity contribution is -0.137. The number of nitrogens with one attached hydrogen (secondary N) is 2. The Bertz CT molecular complexity index is 729. The Morgan fingerprint density at radius 1 is 0.684 bits per heavy atom. The summed E-state index contributed by atoms with van der Waals surface area (Å²) in [6.07, 6.45) is 5.91. The number of ether oxygens (including phenoxy) is 2. The van der Waals surface area contributed by atoms with Crippen LogP contribution < -0.4 is 10.6 Å². The van der Waals surface area contributed by atoms with Gasteiger partial charge in [-0.25, -0.2) is 9.59 Å². The van der Waals surface area contributed by atoms with Crippen LogP contribution in [0.2, 0.25) is 0 Å². The highest BCUT2D eigenvalue weighted by Gasteiger charge is 2.20. The molecular weight excluding hydrogens is 490 g/mol. The average molecular weight is 544 g/mol. The highest BCUT2D eigenvalue weighted by molar-refractivity contribution is 5.77. The average Bonchev–Trinajstić information content (AvgIpc) is 2.71. The number of rotatable bonds is 17. The molecule has 0 aliphatic heterocycles. The van der Waals surface area contributed by atoms with Crippen LogP contribution in [0.4, 0.5) is 9.59 Å². The van der Waals surface area contributed by atoms with Gasteiger partial charge in [0.1, 0.15) is 11.2 Å². The third-order valence-electron chi connectivity index (χ3n) is 5.56. The van der Waals surface area contributed by atoms with E-state index in [4.69, 9.17) is 14.6 Å². The zero-order valence-electron chi connectivity index (χ0n) is 25.0. The fourth-order valence-corrected chi connectivity index (χ4v) is 3.70. The maximum Gasteiger partial charge on any atom is 0.407 e. The number of carboxylic acid groups (broad SMARTS) is 1. The predicted molar refractivity (Wildman–Crippen MR) is 148 cm³/mol. The van der Waals surface area contributed by atoms with Crippen LogP contribution in [0.15, 0.2) is 0 Å². The second-order valence-electron chi connectivity index (χ2n) is 12.1. The van der Waals surface area contributed by atoms with Crippen molar-refractivity contribution in [3.63, 3.8) is 0 Å². The number of alkyl carbamates (subject to hydrolysis) is 2. The van der Waals surface area contributed by atoms with Crippen LogP contribution in [0.5, 0.6) is 0 Å². The van der Waals surface area contributed by atoms with Crippen LogP contribution in [0.1, 0.15) is 120 Å². The zero-order chi connectivity index (χ0) is 29.4. The van der Waals surface area contributed by atoms with Crippen LogP contribution >= 0.6 is 0 Å². The summed E-state index contributed by atoms with van der Waals surface area (Å²) >= 11 is 0. The van der Waals surface area contributed by atoms with Gasteiger partial charge in [0.2, 0.25) is 5.91 Å². The molecule has 0 radical (unpaired) electrons. The Morgan fingerprint density at radius 3 is 1.66 bits per heavy atom. The summed E-state index contributed by atoms with van der Waals surface area (Å²) in [4.78, 5) is 49.2. The summed E-state index contributed by atoms with van der Waals surface area (Å²) in [5.41, 5.74) is -1.09. The molecular formula is C28H53N3O7. The normalized spacial score (nSPS) is 13.3. The number of carbonyl (C=O) groups is 4.